The van der Waals surface area contributed by atoms with Gasteiger partial charge in [0.1, 0.15) is 0 Å². The van der Waals surface area contributed by atoms with Crippen molar-refractivity contribution >= 4 is 17.8 Å². The molecular weight excluding hydrogens is 380 g/mol. The smallest absolute Gasteiger partial charge is 0.308 e. The van der Waals surface area contributed by atoms with Crippen molar-refractivity contribution in [3.63, 3.8) is 0 Å². The quantitative estimate of drug-likeness (QED) is 0.308. The van der Waals surface area contributed by atoms with E-state index in [0.29, 0.717) is 19.0 Å². The number of carbonyl (C=O) groups excluding carboxylic acids is 2. The van der Waals surface area contributed by atoms with Gasteiger partial charge in [-0.3, -0.25) is 14.4 Å². The molecule has 3 atom stereocenters. The number of allylic oxidation sites excluding steroid dienone is 1. The molecule has 0 aromatic heterocycles. The van der Waals surface area contributed by atoms with E-state index in [2.05, 4.69) is 18.3 Å². The van der Waals surface area contributed by atoms with Crippen molar-refractivity contribution in [3.05, 3.63) is 11.6 Å². The average molecular weight is 421 g/mol. The van der Waals surface area contributed by atoms with Crippen LogP contribution < -0.4 is 5.32 Å². The van der Waals surface area contributed by atoms with Crippen molar-refractivity contribution in [2.45, 2.75) is 84.5 Å². The largest absolute Gasteiger partial charge is 0.481 e. The topological polar surface area (TPSA) is 86.7 Å². The second kappa shape index (κ2) is 12.8. The molecule has 170 valence electrons. The fourth-order valence-electron chi connectivity index (χ4n) is 4.24. The standard InChI is InChI=1S/C24H40N2O4/c1-3-4-5-6-7-8-9-10-13-25-23(28)21-14-19(21)12-11-18(2)16-26-17-20(24(29)30)15-22(26)27/h11,19-21H,3-10,12-17H2,1-2H3,(H,25,28)(H,29,30)/b18-11-. The van der Waals surface area contributed by atoms with E-state index in [-0.39, 0.29) is 24.2 Å². The lowest BCUT2D eigenvalue weighted by Gasteiger charge is -2.16. The maximum Gasteiger partial charge on any atom is 0.308 e. The predicted molar refractivity (Wildman–Crippen MR) is 118 cm³/mol. The van der Waals surface area contributed by atoms with Gasteiger partial charge in [-0.05, 0) is 32.1 Å². The Morgan fingerprint density at radius 1 is 1.13 bits per heavy atom. The lowest BCUT2D eigenvalue weighted by atomic mass is 10.1. The molecule has 1 aliphatic carbocycles. The van der Waals surface area contributed by atoms with E-state index in [1.54, 1.807) is 4.90 Å². The van der Waals surface area contributed by atoms with E-state index in [9.17, 15) is 14.4 Å². The highest BCUT2D eigenvalue weighted by molar-refractivity contribution is 5.86. The number of hydrogen-bond acceptors (Lipinski definition) is 3. The van der Waals surface area contributed by atoms with Gasteiger partial charge in [0.25, 0.3) is 0 Å². The summed E-state index contributed by atoms with van der Waals surface area (Å²) in [6.45, 7) is 5.78. The summed E-state index contributed by atoms with van der Waals surface area (Å²) in [6.07, 6.45) is 14.2. The number of rotatable bonds is 15. The van der Waals surface area contributed by atoms with Crippen molar-refractivity contribution in [1.82, 2.24) is 10.2 Å². The highest BCUT2D eigenvalue weighted by atomic mass is 16.4. The van der Waals surface area contributed by atoms with Crippen LogP contribution in [0.4, 0.5) is 0 Å². The number of nitrogens with one attached hydrogen (secondary N) is 1. The van der Waals surface area contributed by atoms with E-state index >= 15 is 0 Å². The Morgan fingerprint density at radius 2 is 1.80 bits per heavy atom. The first-order chi connectivity index (χ1) is 14.4. The molecule has 0 bridgehead atoms. The third-order valence-corrected chi connectivity index (χ3v) is 6.36. The average Bonchev–Trinajstić information content (AvgIpc) is 3.40. The molecule has 0 aromatic carbocycles. The molecule has 1 aliphatic heterocycles. The highest BCUT2D eigenvalue weighted by Gasteiger charge is 2.41. The second-order valence-corrected chi connectivity index (χ2v) is 9.17. The summed E-state index contributed by atoms with van der Waals surface area (Å²) in [6, 6.07) is 0. The van der Waals surface area contributed by atoms with Crippen LogP contribution in [0, 0.1) is 17.8 Å². The minimum atomic E-state index is -0.897. The summed E-state index contributed by atoms with van der Waals surface area (Å²) >= 11 is 0. The SMILES string of the molecule is CCCCCCCCCCNC(=O)C1CC1C/C=C(/C)CN1CC(C(=O)O)CC1=O. The Balaban J connectivity index is 1.53. The number of carbonyl (C=O) groups is 3. The van der Waals surface area contributed by atoms with E-state index in [1.807, 2.05) is 6.92 Å². The van der Waals surface area contributed by atoms with Gasteiger partial charge in [-0.25, -0.2) is 0 Å². The molecule has 2 rings (SSSR count). The van der Waals surface area contributed by atoms with Gasteiger partial charge in [-0.1, -0.05) is 63.5 Å². The molecule has 30 heavy (non-hydrogen) atoms. The van der Waals surface area contributed by atoms with E-state index < -0.39 is 11.9 Å². The predicted octanol–water partition coefficient (Wildman–Crippen LogP) is 4.15. The summed E-state index contributed by atoms with van der Waals surface area (Å²) in [4.78, 5) is 36.8. The fourth-order valence-corrected chi connectivity index (χ4v) is 4.24. The van der Waals surface area contributed by atoms with E-state index in [4.69, 9.17) is 5.11 Å². The third kappa shape index (κ3) is 8.49. The molecule has 2 aliphatic rings. The number of nitrogens with zero attached hydrogens (tertiary/aromatic N) is 1. The molecule has 1 saturated heterocycles. The molecule has 6 nitrogen and oxygen atoms in total. The third-order valence-electron chi connectivity index (χ3n) is 6.36. The van der Waals surface area contributed by atoms with Crippen LogP contribution in [-0.2, 0) is 14.4 Å². The Bertz CT molecular complexity index is 616. The van der Waals surface area contributed by atoms with Crippen molar-refractivity contribution in [3.8, 4) is 0 Å². The number of aliphatic carboxylic acids is 1. The first-order valence-electron chi connectivity index (χ1n) is 11.9. The summed E-state index contributed by atoms with van der Waals surface area (Å²) in [5, 5.41) is 12.1. The first-order valence-corrected chi connectivity index (χ1v) is 11.9. The summed E-state index contributed by atoms with van der Waals surface area (Å²) in [7, 11) is 0. The maximum absolute atomic E-state index is 12.2. The van der Waals surface area contributed by atoms with Crippen molar-refractivity contribution in [2.24, 2.45) is 17.8 Å². The monoisotopic (exact) mass is 420 g/mol. The van der Waals surface area contributed by atoms with Crippen LogP contribution in [0.15, 0.2) is 11.6 Å². The van der Waals surface area contributed by atoms with Crippen LogP contribution in [0.1, 0.15) is 84.5 Å². The van der Waals surface area contributed by atoms with Gasteiger partial charge in [0.2, 0.25) is 11.8 Å². The normalized spacial score (nSPS) is 23.7. The Labute approximate surface area is 181 Å². The van der Waals surface area contributed by atoms with Crippen LogP contribution in [0.2, 0.25) is 0 Å². The van der Waals surface area contributed by atoms with Crippen molar-refractivity contribution in [2.75, 3.05) is 19.6 Å². The number of carboxylic acid groups (broad SMARTS) is 1. The first kappa shape index (κ1) is 24.4. The van der Waals surface area contributed by atoms with Crippen LogP contribution in [0.5, 0.6) is 0 Å². The summed E-state index contributed by atoms with van der Waals surface area (Å²) in [5.41, 5.74) is 1.07. The molecule has 0 spiro atoms. The van der Waals surface area contributed by atoms with Gasteiger partial charge in [0.15, 0.2) is 0 Å². The van der Waals surface area contributed by atoms with Crippen LogP contribution in [-0.4, -0.2) is 47.4 Å². The minimum Gasteiger partial charge on any atom is -0.481 e. The highest BCUT2D eigenvalue weighted by Crippen LogP contribution is 2.41. The molecular formula is C24H40N2O4. The molecule has 3 unspecified atom stereocenters. The molecule has 6 heteroatoms. The number of amides is 2. The van der Waals surface area contributed by atoms with Crippen LogP contribution >= 0.6 is 0 Å². The van der Waals surface area contributed by atoms with Gasteiger partial charge >= 0.3 is 5.97 Å². The Kier molecular flexibility index (Phi) is 10.4. The second-order valence-electron chi connectivity index (χ2n) is 9.17. The molecule has 0 aromatic rings. The number of likely N-dealkylation sites (tertiary alicyclic amines) is 1. The fraction of sp³-hybridized carbons (Fsp3) is 0.792. The summed E-state index contributed by atoms with van der Waals surface area (Å²) in [5.74, 6) is -0.838. The zero-order chi connectivity index (χ0) is 21.9. The van der Waals surface area contributed by atoms with Gasteiger partial charge in [0.05, 0.1) is 5.92 Å². The Morgan fingerprint density at radius 3 is 2.43 bits per heavy atom. The molecule has 2 fully saturated rings. The van der Waals surface area contributed by atoms with Gasteiger partial charge < -0.3 is 15.3 Å². The van der Waals surface area contributed by atoms with Crippen LogP contribution in [0.25, 0.3) is 0 Å². The molecule has 2 amide bonds. The number of hydrogen-bond donors (Lipinski definition) is 2. The minimum absolute atomic E-state index is 0.0835. The Hall–Kier alpha value is -1.85. The molecule has 1 saturated carbocycles. The number of carboxylic acids is 1. The molecule has 0 radical (unpaired) electrons. The summed E-state index contributed by atoms with van der Waals surface area (Å²) < 4.78 is 0. The van der Waals surface area contributed by atoms with Gasteiger partial charge in [-0.15, -0.1) is 0 Å². The molecule has 2 N–H and O–H groups in total. The molecule has 1 heterocycles. The van der Waals surface area contributed by atoms with Gasteiger partial charge in [-0.2, -0.15) is 0 Å². The van der Waals surface area contributed by atoms with Crippen molar-refractivity contribution < 1.29 is 19.5 Å². The van der Waals surface area contributed by atoms with E-state index in [0.717, 1.165) is 31.4 Å². The van der Waals surface area contributed by atoms with Crippen LogP contribution in [0.3, 0.4) is 0 Å². The number of unbranched alkanes of at least 4 members (excludes halogenated alkanes) is 7. The van der Waals surface area contributed by atoms with E-state index in [1.165, 1.54) is 44.9 Å². The lowest BCUT2D eigenvalue weighted by Crippen LogP contribution is -2.28. The zero-order valence-corrected chi connectivity index (χ0v) is 18.8. The van der Waals surface area contributed by atoms with Gasteiger partial charge in [0, 0.05) is 32.0 Å². The maximum atomic E-state index is 12.2. The van der Waals surface area contributed by atoms with Crippen molar-refractivity contribution in [1.29, 1.82) is 0 Å². The lowest BCUT2D eigenvalue weighted by molar-refractivity contribution is -0.141. The zero-order valence-electron chi connectivity index (χ0n) is 18.8.